The fourth-order valence-electron chi connectivity index (χ4n) is 1.48. The zero-order valence-electron chi connectivity index (χ0n) is 13.2. The molecule has 1 aromatic carbocycles. The van der Waals surface area contributed by atoms with Crippen LogP contribution < -0.4 is 0 Å². The standard InChI is InChI=1S/C16H24Br2Si2/c1-19(2,3)15(17)11-13-9-7-8-10-14(13)12-16(18)20(4,5)6/h7-12H,1-6H3/b15-11+,16-12+. The van der Waals surface area contributed by atoms with Crippen molar-refractivity contribution in [2.24, 2.45) is 0 Å². The Kier molecular flexibility index (Phi) is 6.26. The summed E-state index contributed by atoms with van der Waals surface area (Å²) < 4.78 is 2.71. The Balaban J connectivity index is 3.26. The Labute approximate surface area is 142 Å². The van der Waals surface area contributed by atoms with E-state index in [2.05, 4.69) is 108 Å². The van der Waals surface area contributed by atoms with Gasteiger partial charge in [0.15, 0.2) is 0 Å². The first kappa shape index (κ1) is 18.1. The van der Waals surface area contributed by atoms with Crippen LogP contribution in [-0.2, 0) is 0 Å². The van der Waals surface area contributed by atoms with Crippen LogP contribution in [-0.4, -0.2) is 16.1 Å². The monoisotopic (exact) mass is 430 g/mol. The van der Waals surface area contributed by atoms with Crippen LogP contribution in [0.5, 0.6) is 0 Å². The summed E-state index contributed by atoms with van der Waals surface area (Å²) in [5, 5.41) is 0. The summed E-state index contributed by atoms with van der Waals surface area (Å²) in [4.78, 5) is 0. The Morgan fingerprint density at radius 2 is 1.05 bits per heavy atom. The molecule has 0 amide bonds. The second-order valence-corrected chi connectivity index (χ2v) is 20.4. The zero-order valence-corrected chi connectivity index (χ0v) is 18.4. The second kappa shape index (κ2) is 6.90. The van der Waals surface area contributed by atoms with E-state index in [1.54, 1.807) is 0 Å². The summed E-state index contributed by atoms with van der Waals surface area (Å²) in [5.74, 6) is 0. The van der Waals surface area contributed by atoms with E-state index in [1.807, 2.05) is 0 Å². The van der Waals surface area contributed by atoms with Gasteiger partial charge in [0, 0.05) is 0 Å². The van der Waals surface area contributed by atoms with Crippen molar-refractivity contribution in [3.05, 3.63) is 43.6 Å². The van der Waals surface area contributed by atoms with Gasteiger partial charge in [0.1, 0.15) is 0 Å². The highest BCUT2D eigenvalue weighted by Gasteiger charge is 2.19. The van der Waals surface area contributed by atoms with Crippen LogP contribution in [0.4, 0.5) is 0 Å². The lowest BCUT2D eigenvalue weighted by molar-refractivity contribution is 1.60. The average molecular weight is 432 g/mol. The summed E-state index contributed by atoms with van der Waals surface area (Å²) in [7, 11) is -2.58. The first-order chi connectivity index (χ1) is 9.01. The SMILES string of the molecule is C[Si](C)(C)/C(Br)=C/c1ccccc1/C=C(\Br)[Si](C)(C)C. The molecule has 0 spiro atoms. The van der Waals surface area contributed by atoms with Gasteiger partial charge in [0.25, 0.3) is 0 Å². The molecule has 0 aliphatic rings. The molecule has 0 N–H and O–H groups in total. The largest absolute Gasteiger partial charge is 0.0865 e. The van der Waals surface area contributed by atoms with Crippen LogP contribution in [0.25, 0.3) is 12.2 Å². The van der Waals surface area contributed by atoms with Crippen LogP contribution in [0.2, 0.25) is 39.3 Å². The van der Waals surface area contributed by atoms with Crippen molar-refractivity contribution in [1.29, 1.82) is 0 Å². The predicted octanol–water partition coefficient (Wildman–Crippen LogP) is 6.91. The minimum Gasteiger partial charge on any atom is -0.0651 e. The quantitative estimate of drug-likeness (QED) is 0.454. The molecule has 0 atom stereocenters. The number of hydrogen-bond donors (Lipinski definition) is 0. The van der Waals surface area contributed by atoms with Crippen molar-refractivity contribution < 1.29 is 0 Å². The maximum Gasteiger partial charge on any atom is 0.0865 e. The zero-order chi connectivity index (χ0) is 15.6. The molecule has 0 heterocycles. The van der Waals surface area contributed by atoms with Gasteiger partial charge in [-0.05, 0) is 31.5 Å². The van der Waals surface area contributed by atoms with Crippen molar-refractivity contribution >= 4 is 60.2 Å². The highest BCUT2D eigenvalue weighted by molar-refractivity contribution is 9.12. The summed E-state index contributed by atoms with van der Waals surface area (Å²) in [6, 6.07) is 8.60. The highest BCUT2D eigenvalue weighted by Crippen LogP contribution is 2.28. The number of benzene rings is 1. The van der Waals surface area contributed by atoms with Crippen LogP contribution in [0.1, 0.15) is 11.1 Å². The van der Waals surface area contributed by atoms with Crippen LogP contribution >= 0.6 is 31.9 Å². The molecule has 0 nitrogen and oxygen atoms in total. The maximum atomic E-state index is 3.77. The van der Waals surface area contributed by atoms with E-state index in [0.717, 1.165) is 0 Å². The third-order valence-electron chi connectivity index (χ3n) is 2.99. The third-order valence-corrected chi connectivity index (χ3v) is 13.7. The highest BCUT2D eigenvalue weighted by atomic mass is 79.9. The normalized spacial score (nSPS) is 14.6. The van der Waals surface area contributed by atoms with Gasteiger partial charge in [-0.3, -0.25) is 0 Å². The molecule has 0 aromatic heterocycles. The van der Waals surface area contributed by atoms with E-state index in [1.165, 1.54) is 19.3 Å². The van der Waals surface area contributed by atoms with Gasteiger partial charge in [-0.25, -0.2) is 0 Å². The van der Waals surface area contributed by atoms with Gasteiger partial charge in [0.05, 0.1) is 16.1 Å². The molecule has 0 saturated heterocycles. The molecule has 0 fully saturated rings. The first-order valence-corrected chi connectivity index (χ1v) is 15.4. The molecule has 0 bridgehead atoms. The van der Waals surface area contributed by atoms with E-state index in [-0.39, 0.29) is 0 Å². The molecule has 110 valence electrons. The Hall–Kier alpha value is 0.0938. The minimum atomic E-state index is -1.29. The summed E-state index contributed by atoms with van der Waals surface area (Å²) in [6.07, 6.45) is 4.59. The molecule has 0 unspecified atom stereocenters. The molecule has 1 rings (SSSR count). The molecule has 0 saturated carbocycles. The van der Waals surface area contributed by atoms with Gasteiger partial charge in [0.2, 0.25) is 0 Å². The molecular weight excluding hydrogens is 408 g/mol. The molecule has 20 heavy (non-hydrogen) atoms. The summed E-state index contributed by atoms with van der Waals surface area (Å²) >= 11 is 7.55. The molecule has 0 radical (unpaired) electrons. The minimum absolute atomic E-state index is 1.29. The second-order valence-electron chi connectivity index (χ2n) is 7.11. The van der Waals surface area contributed by atoms with Crippen molar-refractivity contribution in [3.8, 4) is 0 Å². The van der Waals surface area contributed by atoms with Gasteiger partial charge >= 0.3 is 0 Å². The van der Waals surface area contributed by atoms with Crippen molar-refractivity contribution in [1.82, 2.24) is 0 Å². The molecule has 1 aromatic rings. The van der Waals surface area contributed by atoms with Crippen molar-refractivity contribution in [2.45, 2.75) is 39.3 Å². The maximum absolute atomic E-state index is 3.77. The Morgan fingerprint density at radius 1 is 0.750 bits per heavy atom. The summed E-state index contributed by atoms with van der Waals surface area (Å²) in [5.41, 5.74) is 2.58. The van der Waals surface area contributed by atoms with Crippen LogP contribution in [0.3, 0.4) is 0 Å². The van der Waals surface area contributed by atoms with E-state index in [4.69, 9.17) is 0 Å². The lowest BCUT2D eigenvalue weighted by Crippen LogP contribution is -2.20. The number of hydrogen-bond acceptors (Lipinski definition) is 0. The fraction of sp³-hybridized carbons (Fsp3) is 0.375. The van der Waals surface area contributed by atoms with E-state index in [0.29, 0.717) is 0 Å². The van der Waals surface area contributed by atoms with E-state index >= 15 is 0 Å². The van der Waals surface area contributed by atoms with E-state index in [9.17, 15) is 0 Å². The van der Waals surface area contributed by atoms with Gasteiger partial charge in [-0.2, -0.15) is 0 Å². The predicted molar refractivity (Wildman–Crippen MR) is 107 cm³/mol. The molecule has 0 aliphatic carbocycles. The van der Waals surface area contributed by atoms with Crippen molar-refractivity contribution in [3.63, 3.8) is 0 Å². The van der Waals surface area contributed by atoms with Gasteiger partial charge < -0.3 is 0 Å². The summed E-state index contributed by atoms with van der Waals surface area (Å²) in [6.45, 7) is 14.1. The van der Waals surface area contributed by atoms with Crippen LogP contribution in [0.15, 0.2) is 32.5 Å². The first-order valence-electron chi connectivity index (χ1n) is 6.86. The molecule has 4 heteroatoms. The smallest absolute Gasteiger partial charge is 0.0651 e. The van der Waals surface area contributed by atoms with Crippen LogP contribution in [0, 0.1) is 0 Å². The lowest BCUT2D eigenvalue weighted by Gasteiger charge is -2.17. The number of rotatable bonds is 4. The average Bonchev–Trinajstić information content (AvgIpc) is 2.29. The lowest BCUT2D eigenvalue weighted by atomic mass is 10.1. The fourth-order valence-corrected chi connectivity index (χ4v) is 3.15. The molecular formula is C16H24Br2Si2. The number of halogens is 2. The third kappa shape index (κ3) is 5.47. The van der Waals surface area contributed by atoms with E-state index < -0.39 is 16.1 Å². The van der Waals surface area contributed by atoms with Crippen molar-refractivity contribution in [2.75, 3.05) is 0 Å². The van der Waals surface area contributed by atoms with Gasteiger partial charge in [-0.15, -0.1) is 0 Å². The Bertz CT molecular complexity index is 483. The Morgan fingerprint density at radius 3 is 1.30 bits per heavy atom. The topological polar surface area (TPSA) is 0 Å². The van der Waals surface area contributed by atoms with Gasteiger partial charge in [-0.1, -0.05) is 95.4 Å². The molecule has 0 aliphatic heterocycles.